The van der Waals surface area contributed by atoms with Crippen LogP contribution in [0, 0.1) is 13.8 Å². The van der Waals surface area contributed by atoms with E-state index in [1.54, 1.807) is 11.9 Å². The van der Waals surface area contributed by atoms with Crippen molar-refractivity contribution in [2.24, 2.45) is 0 Å². The molecule has 0 saturated carbocycles. The predicted octanol–water partition coefficient (Wildman–Crippen LogP) is 3.16. The molecule has 5 rings (SSSR count). The summed E-state index contributed by atoms with van der Waals surface area (Å²) in [5.41, 5.74) is 10.5. The van der Waals surface area contributed by atoms with Crippen LogP contribution in [0.25, 0.3) is 28.0 Å². The molecule has 10 heteroatoms. The zero-order valence-electron chi connectivity index (χ0n) is 19.2. The van der Waals surface area contributed by atoms with E-state index in [0.717, 1.165) is 22.5 Å². The van der Waals surface area contributed by atoms with Crippen molar-refractivity contribution < 1.29 is 8.78 Å². The summed E-state index contributed by atoms with van der Waals surface area (Å²) in [7, 11) is 1.63. The van der Waals surface area contributed by atoms with Gasteiger partial charge in [-0.25, -0.2) is 27.6 Å². The van der Waals surface area contributed by atoms with Crippen LogP contribution in [0.15, 0.2) is 47.3 Å². The van der Waals surface area contributed by atoms with Crippen LogP contribution in [-0.2, 0) is 6.54 Å². The first-order valence-electron chi connectivity index (χ1n) is 11.0. The number of alkyl halides is 2. The highest BCUT2D eigenvalue weighted by atomic mass is 19.3. The van der Waals surface area contributed by atoms with E-state index in [4.69, 9.17) is 5.73 Å². The summed E-state index contributed by atoms with van der Waals surface area (Å²) in [6, 6.07) is 12.8. The van der Waals surface area contributed by atoms with Crippen LogP contribution in [0.2, 0.25) is 0 Å². The highest BCUT2D eigenvalue weighted by Crippen LogP contribution is 2.35. The third kappa shape index (κ3) is 3.83. The quantitative estimate of drug-likeness (QED) is 0.498. The maximum absolute atomic E-state index is 13.9. The number of rotatable bonds is 4. The smallest absolute Gasteiger partial charge is 0.353 e. The number of benzene rings is 1. The monoisotopic (exact) mass is 465 g/mol. The molecular formula is C24H25F2N7O. The van der Waals surface area contributed by atoms with E-state index in [1.807, 2.05) is 56.3 Å². The first-order chi connectivity index (χ1) is 16.1. The van der Waals surface area contributed by atoms with Crippen LogP contribution in [0.1, 0.15) is 17.8 Å². The van der Waals surface area contributed by atoms with E-state index in [2.05, 4.69) is 15.1 Å². The topological polar surface area (TPSA) is 94.3 Å². The van der Waals surface area contributed by atoms with Crippen LogP contribution >= 0.6 is 0 Å². The zero-order chi connectivity index (χ0) is 24.2. The van der Waals surface area contributed by atoms with Crippen molar-refractivity contribution in [1.82, 2.24) is 29.0 Å². The van der Waals surface area contributed by atoms with E-state index < -0.39 is 17.7 Å². The van der Waals surface area contributed by atoms with Crippen molar-refractivity contribution >= 4 is 11.6 Å². The Balaban J connectivity index is 1.75. The van der Waals surface area contributed by atoms with Crippen molar-refractivity contribution in [3.8, 4) is 22.4 Å². The predicted molar refractivity (Wildman–Crippen MR) is 126 cm³/mol. The molecule has 0 unspecified atom stereocenters. The van der Waals surface area contributed by atoms with Crippen molar-refractivity contribution in [2.45, 2.75) is 38.8 Å². The van der Waals surface area contributed by atoms with Gasteiger partial charge in [-0.2, -0.15) is 0 Å². The summed E-state index contributed by atoms with van der Waals surface area (Å²) >= 11 is 0. The largest absolute Gasteiger partial charge is 0.369 e. The van der Waals surface area contributed by atoms with Gasteiger partial charge in [0.25, 0.3) is 5.92 Å². The molecule has 1 atom stereocenters. The molecule has 0 aliphatic carbocycles. The number of halogens is 2. The van der Waals surface area contributed by atoms with Crippen molar-refractivity contribution in [2.75, 3.05) is 19.3 Å². The summed E-state index contributed by atoms with van der Waals surface area (Å²) in [5, 5.41) is 4.60. The van der Waals surface area contributed by atoms with Gasteiger partial charge >= 0.3 is 5.69 Å². The molecule has 1 aliphatic rings. The van der Waals surface area contributed by atoms with E-state index >= 15 is 0 Å². The fourth-order valence-corrected chi connectivity index (χ4v) is 4.73. The molecule has 176 valence electrons. The van der Waals surface area contributed by atoms with Crippen LogP contribution in [-0.4, -0.2) is 54.6 Å². The molecule has 1 aromatic carbocycles. The number of nitrogen functional groups attached to an aromatic ring is 1. The lowest BCUT2D eigenvalue weighted by Gasteiger charge is -2.17. The number of aryl methyl sites for hydroxylation is 2. The fourth-order valence-electron chi connectivity index (χ4n) is 4.73. The van der Waals surface area contributed by atoms with E-state index in [1.165, 1.54) is 9.08 Å². The fraction of sp³-hybridized carbons (Fsp3) is 0.333. The van der Waals surface area contributed by atoms with Gasteiger partial charge in [-0.05, 0) is 38.6 Å². The Bertz CT molecular complexity index is 1430. The SMILES string of the molecule is Cc1cc(-c2c(-c3ccccc3)nc(N)n3c(=O)n(C[C@H]4CC(F)(F)CN4C)nc23)cc(C)n1. The molecule has 34 heavy (non-hydrogen) atoms. The number of likely N-dealkylation sites (N-methyl/N-ethyl adjacent to an activating group) is 1. The molecule has 1 saturated heterocycles. The number of pyridine rings is 1. The second-order valence-electron chi connectivity index (χ2n) is 8.95. The van der Waals surface area contributed by atoms with Gasteiger partial charge in [0.2, 0.25) is 5.95 Å². The second-order valence-corrected chi connectivity index (χ2v) is 8.95. The maximum atomic E-state index is 13.9. The summed E-state index contributed by atoms with van der Waals surface area (Å²) < 4.78 is 30.3. The number of nitrogens with two attached hydrogens (primary N) is 1. The standard InChI is InChI=1S/C24H25F2N7O/c1-14-9-17(10-15(2)28-14)19-20(16-7-5-4-6-8-16)29-22(27)33-21(19)30-32(23(33)34)12-18-11-24(25,26)13-31(18)3/h4-10,18H,11-13H2,1-3H3,(H2,27,29)/t18-/m1/s1. The number of hydrogen-bond acceptors (Lipinski definition) is 6. The van der Waals surface area contributed by atoms with Gasteiger partial charge in [0.1, 0.15) is 0 Å². The molecule has 1 aliphatic heterocycles. The van der Waals surface area contributed by atoms with Crippen LogP contribution in [0.5, 0.6) is 0 Å². The molecule has 0 radical (unpaired) electrons. The molecule has 4 heterocycles. The van der Waals surface area contributed by atoms with Crippen LogP contribution in [0.3, 0.4) is 0 Å². The third-order valence-corrected chi connectivity index (χ3v) is 6.19. The minimum absolute atomic E-state index is 0.0125. The lowest BCUT2D eigenvalue weighted by atomic mass is 9.99. The van der Waals surface area contributed by atoms with Gasteiger partial charge < -0.3 is 5.73 Å². The maximum Gasteiger partial charge on any atom is 0.353 e. The molecule has 0 amide bonds. The van der Waals surface area contributed by atoms with E-state index in [-0.39, 0.29) is 25.5 Å². The number of likely N-dealkylation sites (tertiary alicyclic amines) is 1. The van der Waals surface area contributed by atoms with Crippen molar-refractivity contribution in [3.05, 3.63) is 64.3 Å². The summed E-state index contributed by atoms with van der Waals surface area (Å²) in [6.45, 7) is 3.46. The Kier molecular flexibility index (Phi) is 5.20. The Morgan fingerprint density at radius 2 is 1.76 bits per heavy atom. The molecule has 0 spiro atoms. The molecule has 3 aromatic heterocycles. The van der Waals surface area contributed by atoms with Gasteiger partial charge in [-0.3, -0.25) is 9.88 Å². The Hall–Kier alpha value is -3.66. The van der Waals surface area contributed by atoms with Crippen molar-refractivity contribution in [1.29, 1.82) is 0 Å². The van der Waals surface area contributed by atoms with E-state index in [0.29, 0.717) is 16.9 Å². The van der Waals surface area contributed by atoms with Crippen LogP contribution < -0.4 is 11.4 Å². The second kappa shape index (κ2) is 7.98. The molecule has 4 aromatic rings. The average Bonchev–Trinajstić information content (AvgIpc) is 3.22. The first-order valence-corrected chi connectivity index (χ1v) is 11.0. The number of hydrogen-bond donors (Lipinski definition) is 1. The van der Waals surface area contributed by atoms with Crippen molar-refractivity contribution in [3.63, 3.8) is 0 Å². The van der Waals surface area contributed by atoms with Gasteiger partial charge in [0, 0.05) is 29.4 Å². The number of fused-ring (bicyclic) bond motifs is 1. The average molecular weight is 466 g/mol. The number of anilines is 1. The molecule has 8 nitrogen and oxygen atoms in total. The summed E-state index contributed by atoms with van der Waals surface area (Å²) in [4.78, 5) is 23.9. The van der Waals surface area contributed by atoms with Gasteiger partial charge in [-0.1, -0.05) is 30.3 Å². The minimum atomic E-state index is -2.79. The lowest BCUT2D eigenvalue weighted by Crippen LogP contribution is -2.34. The first kappa shape index (κ1) is 22.1. The van der Waals surface area contributed by atoms with Crippen LogP contribution in [0.4, 0.5) is 14.7 Å². The minimum Gasteiger partial charge on any atom is -0.369 e. The Morgan fingerprint density at radius 1 is 1.09 bits per heavy atom. The number of nitrogens with zero attached hydrogens (tertiary/aromatic N) is 6. The third-order valence-electron chi connectivity index (χ3n) is 6.19. The lowest BCUT2D eigenvalue weighted by molar-refractivity contribution is 0.0139. The normalized spacial score (nSPS) is 18.1. The molecule has 2 N–H and O–H groups in total. The summed E-state index contributed by atoms with van der Waals surface area (Å²) in [5.74, 6) is -2.80. The van der Waals surface area contributed by atoms with Gasteiger partial charge in [0.15, 0.2) is 5.65 Å². The Labute approximate surface area is 194 Å². The molecule has 1 fully saturated rings. The molecule has 0 bridgehead atoms. The summed E-state index contributed by atoms with van der Waals surface area (Å²) in [6.07, 6.45) is -0.331. The highest BCUT2D eigenvalue weighted by Gasteiger charge is 2.43. The zero-order valence-corrected chi connectivity index (χ0v) is 19.2. The highest BCUT2D eigenvalue weighted by molar-refractivity contribution is 5.90. The van der Waals surface area contributed by atoms with Gasteiger partial charge in [-0.15, -0.1) is 5.10 Å². The number of aromatic nitrogens is 5. The molecular weight excluding hydrogens is 440 g/mol. The Morgan fingerprint density at radius 3 is 2.38 bits per heavy atom. The van der Waals surface area contributed by atoms with E-state index in [9.17, 15) is 13.6 Å². The van der Waals surface area contributed by atoms with Gasteiger partial charge in [0.05, 0.1) is 24.3 Å².